The van der Waals surface area contributed by atoms with Gasteiger partial charge in [-0.2, -0.15) is 13.2 Å². The Kier molecular flexibility index (Phi) is 7.02. The topological polar surface area (TPSA) is 96.6 Å². The van der Waals surface area contributed by atoms with E-state index in [1.54, 1.807) is 12.1 Å². The van der Waals surface area contributed by atoms with Gasteiger partial charge >= 0.3 is 11.8 Å². The van der Waals surface area contributed by atoms with Gasteiger partial charge in [-0.3, -0.25) is 4.72 Å². The van der Waals surface area contributed by atoms with Crippen molar-refractivity contribution in [1.29, 1.82) is 0 Å². The van der Waals surface area contributed by atoms with Crippen LogP contribution in [0.2, 0.25) is 0 Å². The Morgan fingerprint density at radius 3 is 2.39 bits per heavy atom. The van der Waals surface area contributed by atoms with E-state index in [1.807, 2.05) is 0 Å². The molecule has 202 valence electrons. The first-order chi connectivity index (χ1) is 18.1. The third-order valence-corrected chi connectivity index (χ3v) is 8.72. The third-order valence-electron chi connectivity index (χ3n) is 7.28. The number of halogens is 3. The third kappa shape index (κ3) is 5.32. The fourth-order valence-electron chi connectivity index (χ4n) is 5.34. The van der Waals surface area contributed by atoms with E-state index in [4.69, 9.17) is 4.42 Å². The molecule has 5 rings (SSSR count). The van der Waals surface area contributed by atoms with Crippen LogP contribution in [-0.2, 0) is 29.0 Å². The minimum atomic E-state index is -4.85. The highest BCUT2D eigenvalue weighted by Crippen LogP contribution is 2.49. The molecule has 2 aromatic carbocycles. The van der Waals surface area contributed by atoms with E-state index in [2.05, 4.69) is 4.72 Å². The van der Waals surface area contributed by atoms with Crippen molar-refractivity contribution in [3.05, 3.63) is 87.0 Å². The molecule has 1 saturated carbocycles. The Morgan fingerprint density at radius 2 is 1.68 bits per heavy atom. The summed E-state index contributed by atoms with van der Waals surface area (Å²) in [5.74, 6) is -0.0161. The predicted octanol–water partition coefficient (Wildman–Crippen LogP) is 6.37. The SMILES string of the molecule is O=c1oc2c(c(O)c1C(c1cccc(NS(=O)(=O)c3ccccc3C(F)(F)F)c1)C1CC1)CCCCCC2. The summed E-state index contributed by atoms with van der Waals surface area (Å²) in [7, 11) is -4.57. The molecule has 0 radical (unpaired) electrons. The molecule has 10 heteroatoms. The maximum atomic E-state index is 13.5. The van der Waals surface area contributed by atoms with Crippen molar-refractivity contribution >= 4 is 15.7 Å². The van der Waals surface area contributed by atoms with Crippen LogP contribution < -0.4 is 10.3 Å². The molecule has 1 aromatic heterocycles. The molecule has 2 aliphatic rings. The maximum Gasteiger partial charge on any atom is 0.417 e. The molecule has 1 fully saturated rings. The van der Waals surface area contributed by atoms with Crippen LogP contribution in [0.3, 0.4) is 0 Å². The molecule has 1 heterocycles. The van der Waals surface area contributed by atoms with Crippen LogP contribution in [0.5, 0.6) is 5.75 Å². The van der Waals surface area contributed by atoms with Gasteiger partial charge in [-0.15, -0.1) is 0 Å². The van der Waals surface area contributed by atoms with Crippen molar-refractivity contribution in [2.75, 3.05) is 4.72 Å². The largest absolute Gasteiger partial charge is 0.507 e. The molecule has 0 amide bonds. The van der Waals surface area contributed by atoms with Gasteiger partial charge in [0.1, 0.15) is 11.5 Å². The smallest absolute Gasteiger partial charge is 0.417 e. The minimum absolute atomic E-state index is 0.0493. The Labute approximate surface area is 218 Å². The average Bonchev–Trinajstić information content (AvgIpc) is 3.67. The van der Waals surface area contributed by atoms with Gasteiger partial charge in [-0.1, -0.05) is 37.1 Å². The highest BCUT2D eigenvalue weighted by Gasteiger charge is 2.39. The second kappa shape index (κ2) is 10.1. The Bertz CT molecular complexity index is 1510. The van der Waals surface area contributed by atoms with Crippen LogP contribution in [0.15, 0.2) is 62.6 Å². The first-order valence-corrected chi connectivity index (χ1v) is 14.2. The molecule has 0 spiro atoms. The van der Waals surface area contributed by atoms with Gasteiger partial charge in [0.15, 0.2) is 0 Å². The number of hydrogen-bond donors (Lipinski definition) is 2. The van der Waals surface area contributed by atoms with Gasteiger partial charge in [-0.05, 0) is 67.9 Å². The summed E-state index contributed by atoms with van der Waals surface area (Å²) in [5.41, 5.74) is -0.420. The summed E-state index contributed by atoms with van der Waals surface area (Å²) in [6, 6.07) is 10.2. The zero-order chi connectivity index (χ0) is 27.1. The van der Waals surface area contributed by atoms with Crippen molar-refractivity contribution in [3.63, 3.8) is 0 Å². The van der Waals surface area contributed by atoms with Gasteiger partial charge < -0.3 is 9.52 Å². The predicted molar refractivity (Wildman–Crippen MR) is 136 cm³/mol. The van der Waals surface area contributed by atoms with Gasteiger partial charge in [0.05, 0.1) is 16.0 Å². The molecule has 2 aliphatic carbocycles. The Hall–Kier alpha value is -3.27. The molecule has 2 N–H and O–H groups in total. The molecule has 3 aromatic rings. The fourth-order valence-corrected chi connectivity index (χ4v) is 6.62. The quantitative estimate of drug-likeness (QED) is 0.374. The average molecular weight is 548 g/mol. The lowest BCUT2D eigenvalue weighted by molar-refractivity contribution is -0.139. The lowest BCUT2D eigenvalue weighted by atomic mass is 9.85. The van der Waals surface area contributed by atoms with E-state index in [9.17, 15) is 31.5 Å². The first-order valence-electron chi connectivity index (χ1n) is 12.7. The van der Waals surface area contributed by atoms with Crippen LogP contribution in [-0.4, -0.2) is 13.5 Å². The molecule has 0 bridgehead atoms. The zero-order valence-electron chi connectivity index (χ0n) is 20.6. The molecule has 1 atom stereocenters. The number of anilines is 1. The number of fused-ring (bicyclic) bond motifs is 1. The van der Waals surface area contributed by atoms with Crippen LogP contribution in [0.25, 0.3) is 0 Å². The van der Waals surface area contributed by atoms with Crippen molar-refractivity contribution in [2.45, 2.75) is 68.4 Å². The highest BCUT2D eigenvalue weighted by molar-refractivity contribution is 7.92. The van der Waals surface area contributed by atoms with Gasteiger partial charge in [0, 0.05) is 23.6 Å². The van der Waals surface area contributed by atoms with Gasteiger partial charge in [0.2, 0.25) is 0 Å². The Balaban J connectivity index is 1.53. The number of sulfonamides is 1. The van der Waals surface area contributed by atoms with E-state index < -0.39 is 38.2 Å². The lowest BCUT2D eigenvalue weighted by Gasteiger charge is -2.22. The van der Waals surface area contributed by atoms with Crippen molar-refractivity contribution in [1.82, 2.24) is 0 Å². The van der Waals surface area contributed by atoms with E-state index in [0.717, 1.165) is 56.7 Å². The summed E-state index contributed by atoms with van der Waals surface area (Å²) < 4.78 is 74.3. The number of aryl methyl sites for hydroxylation is 1. The molecule has 6 nitrogen and oxygen atoms in total. The number of hydrogen-bond acceptors (Lipinski definition) is 5. The number of aromatic hydroxyl groups is 1. The molecule has 1 unspecified atom stereocenters. The zero-order valence-corrected chi connectivity index (χ0v) is 21.4. The fraction of sp³-hybridized carbons (Fsp3) is 0.393. The standard InChI is InChI=1S/C28H28F3NO5S/c29-28(30,31)21-11-5-6-13-23(21)38(35,36)32-19-9-7-8-18(16-19)24(17-14-15-17)25-26(33)20-10-3-1-2-4-12-22(20)37-27(25)34/h5-9,11,13,16-17,24,32-33H,1-4,10,12,14-15H2. The van der Waals surface area contributed by atoms with Crippen LogP contribution in [0.4, 0.5) is 18.9 Å². The van der Waals surface area contributed by atoms with Gasteiger partial charge in [0.25, 0.3) is 10.0 Å². The van der Waals surface area contributed by atoms with Crippen LogP contribution in [0.1, 0.15) is 72.5 Å². The molecule has 0 aliphatic heterocycles. The van der Waals surface area contributed by atoms with Gasteiger partial charge in [-0.25, -0.2) is 13.2 Å². The van der Waals surface area contributed by atoms with Crippen LogP contribution >= 0.6 is 0 Å². The van der Waals surface area contributed by atoms with Crippen molar-refractivity contribution < 1.29 is 31.1 Å². The summed E-state index contributed by atoms with van der Waals surface area (Å²) >= 11 is 0. The maximum absolute atomic E-state index is 13.5. The van der Waals surface area contributed by atoms with E-state index >= 15 is 0 Å². The van der Waals surface area contributed by atoms with Crippen LogP contribution in [0, 0.1) is 5.92 Å². The summed E-state index contributed by atoms with van der Waals surface area (Å²) in [4.78, 5) is 12.3. The van der Waals surface area contributed by atoms with E-state index in [1.165, 1.54) is 18.2 Å². The first kappa shape index (κ1) is 26.3. The number of benzene rings is 2. The lowest BCUT2D eigenvalue weighted by Crippen LogP contribution is -2.20. The molecule has 0 saturated heterocycles. The van der Waals surface area contributed by atoms with Crippen molar-refractivity contribution in [3.8, 4) is 5.75 Å². The second-order valence-electron chi connectivity index (χ2n) is 10.0. The second-order valence-corrected chi connectivity index (χ2v) is 11.7. The van der Waals surface area contributed by atoms with E-state index in [-0.39, 0.29) is 22.9 Å². The number of rotatable bonds is 6. The number of alkyl halides is 3. The molecule has 38 heavy (non-hydrogen) atoms. The number of nitrogens with one attached hydrogen (secondary N) is 1. The van der Waals surface area contributed by atoms with Crippen molar-refractivity contribution in [2.24, 2.45) is 5.92 Å². The normalized spacial score (nSPS) is 17.2. The summed E-state index contributed by atoms with van der Waals surface area (Å²) in [6.45, 7) is 0. The molecular weight excluding hydrogens is 519 g/mol. The molecular formula is C28H28F3NO5S. The summed E-state index contributed by atoms with van der Waals surface area (Å²) in [6.07, 6.45) is 1.78. The summed E-state index contributed by atoms with van der Waals surface area (Å²) in [5, 5.41) is 11.3. The minimum Gasteiger partial charge on any atom is -0.507 e. The van der Waals surface area contributed by atoms with E-state index in [0.29, 0.717) is 29.7 Å². The Morgan fingerprint density at radius 1 is 0.974 bits per heavy atom. The monoisotopic (exact) mass is 547 g/mol. The highest BCUT2D eigenvalue weighted by atomic mass is 32.2.